The van der Waals surface area contributed by atoms with Crippen molar-refractivity contribution in [1.82, 2.24) is 9.97 Å². The highest BCUT2D eigenvalue weighted by Gasteiger charge is 2.29. The van der Waals surface area contributed by atoms with Crippen LogP contribution in [0, 0.1) is 0 Å². The lowest BCUT2D eigenvalue weighted by Gasteiger charge is -2.21. The van der Waals surface area contributed by atoms with Gasteiger partial charge in [-0.25, -0.2) is 4.98 Å². The van der Waals surface area contributed by atoms with Gasteiger partial charge in [-0.3, -0.25) is 0 Å². The Morgan fingerprint density at radius 3 is 2.44 bits per heavy atom. The summed E-state index contributed by atoms with van der Waals surface area (Å²) in [4.78, 5) is 8.89. The van der Waals surface area contributed by atoms with E-state index >= 15 is 0 Å². The molecule has 1 N–H and O–H groups in total. The second-order valence-corrected chi connectivity index (χ2v) is 6.33. The Balaban J connectivity index is 1.48. The van der Waals surface area contributed by atoms with E-state index in [0.29, 0.717) is 23.8 Å². The van der Waals surface area contributed by atoms with Crippen LogP contribution in [0.1, 0.15) is 30.7 Å². The highest BCUT2D eigenvalue weighted by atomic mass is 16.5. The highest BCUT2D eigenvalue weighted by Crippen LogP contribution is 2.36. The van der Waals surface area contributed by atoms with E-state index in [4.69, 9.17) is 4.74 Å². The molecule has 1 aliphatic rings. The lowest BCUT2D eigenvalue weighted by atomic mass is 9.94. The maximum absolute atomic E-state index is 5.80. The number of aromatic nitrogens is 2. The number of benzene rings is 2. The zero-order chi connectivity index (χ0) is 16.9. The molecule has 126 valence electrons. The smallest absolute Gasteiger partial charge is 0.226 e. The van der Waals surface area contributed by atoms with Crippen LogP contribution in [0.5, 0.6) is 11.6 Å². The Morgan fingerprint density at radius 2 is 1.64 bits per heavy atom. The van der Waals surface area contributed by atoms with E-state index in [-0.39, 0.29) is 0 Å². The molecule has 1 heterocycles. The average Bonchev–Trinajstić information content (AvgIpc) is 3.12. The van der Waals surface area contributed by atoms with Gasteiger partial charge in [-0.1, -0.05) is 55.0 Å². The van der Waals surface area contributed by atoms with E-state index in [9.17, 15) is 0 Å². The summed E-state index contributed by atoms with van der Waals surface area (Å²) in [7, 11) is 0. The van der Waals surface area contributed by atoms with Crippen LogP contribution in [-0.2, 0) is 0 Å². The third-order valence-corrected chi connectivity index (χ3v) is 4.65. The summed E-state index contributed by atoms with van der Waals surface area (Å²) in [6.07, 6.45) is 5.28. The predicted octanol–water partition coefficient (Wildman–Crippen LogP) is 5.02. The van der Waals surface area contributed by atoms with Gasteiger partial charge in [-0.15, -0.1) is 0 Å². The first-order valence-electron chi connectivity index (χ1n) is 8.76. The van der Waals surface area contributed by atoms with Crippen LogP contribution >= 0.6 is 0 Å². The maximum Gasteiger partial charge on any atom is 0.226 e. The Labute approximate surface area is 147 Å². The van der Waals surface area contributed by atoms with Crippen LogP contribution in [0.25, 0.3) is 0 Å². The second-order valence-electron chi connectivity index (χ2n) is 6.33. The number of hydrogen-bond acceptors (Lipinski definition) is 4. The first-order valence-corrected chi connectivity index (χ1v) is 8.76. The van der Waals surface area contributed by atoms with Crippen LogP contribution in [-0.4, -0.2) is 16.0 Å². The molecule has 4 rings (SSSR count). The fraction of sp³-hybridized carbons (Fsp3) is 0.238. The van der Waals surface area contributed by atoms with E-state index in [1.165, 1.54) is 18.4 Å². The predicted molar refractivity (Wildman–Crippen MR) is 99.0 cm³/mol. The molecule has 2 aromatic carbocycles. The van der Waals surface area contributed by atoms with Crippen LogP contribution in [0.3, 0.4) is 0 Å². The van der Waals surface area contributed by atoms with Crippen LogP contribution < -0.4 is 10.1 Å². The topological polar surface area (TPSA) is 47.0 Å². The van der Waals surface area contributed by atoms with Crippen LogP contribution in [0.4, 0.5) is 5.95 Å². The van der Waals surface area contributed by atoms with Gasteiger partial charge in [-0.2, -0.15) is 4.98 Å². The normalized spacial score (nSPS) is 19.5. The molecule has 0 radical (unpaired) electrons. The minimum absolute atomic E-state index is 0.356. The minimum atomic E-state index is 0.356. The zero-order valence-corrected chi connectivity index (χ0v) is 14.0. The van der Waals surface area contributed by atoms with Gasteiger partial charge < -0.3 is 10.1 Å². The Hall–Kier alpha value is -2.88. The number of ether oxygens (including phenoxy) is 1. The molecule has 0 bridgehead atoms. The lowest BCUT2D eigenvalue weighted by molar-refractivity contribution is 0.462. The molecule has 25 heavy (non-hydrogen) atoms. The molecule has 2 unspecified atom stereocenters. The summed E-state index contributed by atoms with van der Waals surface area (Å²) in [5.74, 6) is 2.46. The van der Waals surface area contributed by atoms with Gasteiger partial charge in [0.1, 0.15) is 5.75 Å². The zero-order valence-electron chi connectivity index (χ0n) is 14.0. The number of nitrogens with one attached hydrogen (secondary N) is 1. The fourth-order valence-corrected chi connectivity index (χ4v) is 3.48. The van der Waals surface area contributed by atoms with Crippen LogP contribution in [0.15, 0.2) is 72.9 Å². The quantitative estimate of drug-likeness (QED) is 0.713. The van der Waals surface area contributed by atoms with Gasteiger partial charge in [0.25, 0.3) is 0 Å². The molecule has 0 saturated heterocycles. The summed E-state index contributed by atoms with van der Waals surface area (Å²) in [6, 6.07) is 22.5. The molecular weight excluding hydrogens is 310 g/mol. The van der Waals surface area contributed by atoms with Gasteiger partial charge in [0, 0.05) is 24.2 Å². The standard InChI is InChI=1S/C21H21N3O/c1-3-8-16(9-4-1)18-12-7-13-19(18)23-21-22-15-14-20(24-21)25-17-10-5-2-6-11-17/h1-6,8-11,14-15,18-19H,7,12-13H2,(H,22,23,24). The molecule has 4 heteroatoms. The summed E-state index contributed by atoms with van der Waals surface area (Å²) in [5.41, 5.74) is 1.38. The summed E-state index contributed by atoms with van der Waals surface area (Å²) >= 11 is 0. The molecule has 0 spiro atoms. The molecule has 1 aliphatic carbocycles. The molecule has 3 aromatic rings. The first-order chi connectivity index (χ1) is 12.4. The van der Waals surface area contributed by atoms with E-state index in [1.54, 1.807) is 12.3 Å². The Kier molecular flexibility index (Phi) is 4.59. The van der Waals surface area contributed by atoms with E-state index in [1.807, 2.05) is 30.3 Å². The van der Waals surface area contributed by atoms with E-state index in [2.05, 4.69) is 45.6 Å². The number of hydrogen-bond donors (Lipinski definition) is 1. The number of rotatable bonds is 5. The number of nitrogens with zero attached hydrogens (tertiary/aromatic N) is 2. The molecule has 0 amide bonds. The Bertz CT molecular complexity index is 808. The third kappa shape index (κ3) is 3.79. The number of anilines is 1. The maximum atomic E-state index is 5.80. The molecule has 4 nitrogen and oxygen atoms in total. The summed E-state index contributed by atoms with van der Waals surface area (Å²) in [5, 5.41) is 3.51. The average molecular weight is 331 g/mol. The molecule has 1 saturated carbocycles. The van der Waals surface area contributed by atoms with Crippen molar-refractivity contribution in [2.75, 3.05) is 5.32 Å². The molecule has 2 atom stereocenters. The summed E-state index contributed by atoms with van der Waals surface area (Å²) < 4.78 is 5.80. The van der Waals surface area contributed by atoms with Crippen LogP contribution in [0.2, 0.25) is 0 Å². The van der Waals surface area contributed by atoms with Crippen molar-refractivity contribution < 1.29 is 4.74 Å². The fourth-order valence-electron chi connectivity index (χ4n) is 3.48. The number of para-hydroxylation sites is 1. The first kappa shape index (κ1) is 15.6. The molecule has 1 fully saturated rings. The monoisotopic (exact) mass is 331 g/mol. The van der Waals surface area contributed by atoms with E-state index in [0.717, 1.165) is 12.2 Å². The molecule has 0 aliphatic heterocycles. The van der Waals surface area contributed by atoms with Crippen molar-refractivity contribution >= 4 is 5.95 Å². The van der Waals surface area contributed by atoms with Crippen molar-refractivity contribution in [2.24, 2.45) is 0 Å². The van der Waals surface area contributed by atoms with Crippen molar-refractivity contribution in [3.63, 3.8) is 0 Å². The second kappa shape index (κ2) is 7.34. The summed E-state index contributed by atoms with van der Waals surface area (Å²) in [6.45, 7) is 0. The van der Waals surface area contributed by atoms with Crippen molar-refractivity contribution in [1.29, 1.82) is 0 Å². The minimum Gasteiger partial charge on any atom is -0.439 e. The van der Waals surface area contributed by atoms with E-state index < -0.39 is 0 Å². The lowest BCUT2D eigenvalue weighted by Crippen LogP contribution is -2.23. The molecule has 1 aromatic heterocycles. The van der Waals surface area contributed by atoms with Gasteiger partial charge in [0.2, 0.25) is 11.8 Å². The SMILES string of the molecule is c1ccc(Oc2ccnc(NC3CCCC3c3ccccc3)n2)cc1. The third-order valence-electron chi connectivity index (χ3n) is 4.65. The Morgan fingerprint density at radius 1 is 0.880 bits per heavy atom. The van der Waals surface area contributed by atoms with Crippen molar-refractivity contribution in [3.8, 4) is 11.6 Å². The molecular formula is C21H21N3O. The van der Waals surface area contributed by atoms with Gasteiger partial charge >= 0.3 is 0 Å². The van der Waals surface area contributed by atoms with Crippen molar-refractivity contribution in [2.45, 2.75) is 31.2 Å². The van der Waals surface area contributed by atoms with Crippen molar-refractivity contribution in [3.05, 3.63) is 78.5 Å². The van der Waals surface area contributed by atoms with Gasteiger partial charge in [-0.05, 0) is 30.5 Å². The van der Waals surface area contributed by atoms with Gasteiger partial charge in [0.05, 0.1) is 0 Å². The van der Waals surface area contributed by atoms with Gasteiger partial charge in [0.15, 0.2) is 0 Å². The highest BCUT2D eigenvalue weighted by molar-refractivity contribution is 5.35. The largest absolute Gasteiger partial charge is 0.439 e.